The van der Waals surface area contributed by atoms with Crippen molar-refractivity contribution < 1.29 is 14.3 Å². The van der Waals surface area contributed by atoms with E-state index in [-0.39, 0.29) is 12.0 Å². The van der Waals surface area contributed by atoms with Crippen molar-refractivity contribution in [3.05, 3.63) is 18.0 Å². The minimum atomic E-state index is -0.507. The van der Waals surface area contributed by atoms with Crippen molar-refractivity contribution in [1.82, 2.24) is 9.78 Å². The van der Waals surface area contributed by atoms with Crippen molar-refractivity contribution in [3.8, 4) is 0 Å². The number of hydrogen-bond acceptors (Lipinski definition) is 4. The summed E-state index contributed by atoms with van der Waals surface area (Å²) < 4.78 is 13.0. The lowest BCUT2D eigenvalue weighted by Gasteiger charge is -2.16. The largest absolute Gasteiger partial charge is 0.370 e. The maximum absolute atomic E-state index is 10.7. The molecular weight excluding hydrogens is 234 g/mol. The van der Waals surface area contributed by atoms with E-state index in [0.29, 0.717) is 26.0 Å². The van der Waals surface area contributed by atoms with Gasteiger partial charge in [-0.25, -0.2) is 0 Å². The third-order valence-electron chi connectivity index (χ3n) is 2.78. The fraction of sp³-hybridized carbons (Fsp3) is 0.667. The first-order chi connectivity index (χ1) is 8.44. The molecule has 0 unspecified atom stereocenters. The van der Waals surface area contributed by atoms with Crippen LogP contribution in [0.15, 0.2) is 12.3 Å². The molecule has 0 aliphatic carbocycles. The van der Waals surface area contributed by atoms with E-state index < -0.39 is 5.79 Å². The molecule has 0 radical (unpaired) electrons. The Morgan fingerprint density at radius 3 is 3.06 bits per heavy atom. The van der Waals surface area contributed by atoms with Crippen LogP contribution < -0.4 is 5.73 Å². The molecule has 1 atom stereocenters. The Kier molecular flexibility index (Phi) is 3.68. The van der Waals surface area contributed by atoms with Crippen LogP contribution in [-0.2, 0) is 27.2 Å². The van der Waals surface area contributed by atoms with Crippen LogP contribution in [0.2, 0.25) is 0 Å². The first-order valence-electron chi connectivity index (χ1n) is 6.07. The summed E-state index contributed by atoms with van der Waals surface area (Å²) in [7, 11) is 0. The second kappa shape index (κ2) is 5.07. The molecule has 6 nitrogen and oxygen atoms in total. The highest BCUT2D eigenvalue weighted by atomic mass is 16.7. The third kappa shape index (κ3) is 3.54. The first-order valence-corrected chi connectivity index (χ1v) is 6.07. The van der Waals surface area contributed by atoms with E-state index >= 15 is 0 Å². The summed E-state index contributed by atoms with van der Waals surface area (Å²) in [5.41, 5.74) is 5.97. The van der Waals surface area contributed by atoms with Gasteiger partial charge in [-0.2, -0.15) is 5.10 Å². The molecule has 2 N–H and O–H groups in total. The quantitative estimate of drug-likeness (QED) is 0.826. The van der Waals surface area contributed by atoms with Crippen molar-refractivity contribution in [2.45, 2.75) is 45.1 Å². The maximum Gasteiger partial charge on any atom is 0.217 e. The summed E-state index contributed by atoms with van der Waals surface area (Å²) in [6, 6.07) is 1.89. The molecule has 1 aliphatic heterocycles. The van der Waals surface area contributed by atoms with Crippen LogP contribution >= 0.6 is 0 Å². The lowest BCUT2D eigenvalue weighted by molar-refractivity contribution is -0.139. The molecule has 1 aromatic rings. The third-order valence-corrected chi connectivity index (χ3v) is 2.78. The average molecular weight is 253 g/mol. The SMILES string of the molecule is CC1(C)OC[C@@H](Cn2ccc(CCC(N)=O)n2)O1. The number of ether oxygens (including phenoxy) is 2. The molecule has 1 aliphatic rings. The van der Waals surface area contributed by atoms with Gasteiger partial charge in [-0.1, -0.05) is 0 Å². The van der Waals surface area contributed by atoms with Crippen LogP contribution in [0.25, 0.3) is 0 Å². The number of amides is 1. The van der Waals surface area contributed by atoms with Gasteiger partial charge in [0.15, 0.2) is 5.79 Å². The van der Waals surface area contributed by atoms with E-state index in [0.717, 1.165) is 5.69 Å². The number of carbonyl (C=O) groups excluding carboxylic acids is 1. The molecule has 1 fully saturated rings. The highest BCUT2D eigenvalue weighted by Gasteiger charge is 2.32. The van der Waals surface area contributed by atoms with Gasteiger partial charge < -0.3 is 15.2 Å². The predicted octanol–water partition coefficient (Wildman–Crippen LogP) is 0.453. The van der Waals surface area contributed by atoms with Crippen molar-refractivity contribution >= 4 is 5.91 Å². The second-order valence-electron chi connectivity index (χ2n) is 4.95. The molecule has 6 heteroatoms. The van der Waals surface area contributed by atoms with Gasteiger partial charge in [0.25, 0.3) is 0 Å². The molecule has 1 aromatic heterocycles. The van der Waals surface area contributed by atoms with Gasteiger partial charge in [0, 0.05) is 19.0 Å². The highest BCUT2D eigenvalue weighted by Crippen LogP contribution is 2.23. The Morgan fingerprint density at radius 1 is 1.67 bits per heavy atom. The van der Waals surface area contributed by atoms with Crippen LogP contribution in [0, 0.1) is 0 Å². The number of hydrogen-bond donors (Lipinski definition) is 1. The van der Waals surface area contributed by atoms with Crippen molar-refractivity contribution in [3.63, 3.8) is 0 Å². The molecule has 0 bridgehead atoms. The number of nitrogens with zero attached hydrogens (tertiary/aromatic N) is 2. The lowest BCUT2D eigenvalue weighted by Crippen LogP contribution is -2.24. The Balaban J connectivity index is 1.85. The summed E-state index contributed by atoms with van der Waals surface area (Å²) >= 11 is 0. The number of rotatable bonds is 5. The second-order valence-corrected chi connectivity index (χ2v) is 4.95. The van der Waals surface area contributed by atoms with Crippen LogP contribution in [0.1, 0.15) is 26.0 Å². The van der Waals surface area contributed by atoms with Gasteiger partial charge in [-0.15, -0.1) is 0 Å². The first kappa shape index (κ1) is 13.0. The van der Waals surface area contributed by atoms with Crippen LogP contribution in [-0.4, -0.2) is 34.2 Å². The summed E-state index contributed by atoms with van der Waals surface area (Å²) in [5, 5.41) is 4.37. The summed E-state index contributed by atoms with van der Waals surface area (Å²) in [5.74, 6) is -0.814. The summed E-state index contributed by atoms with van der Waals surface area (Å²) in [4.78, 5) is 10.7. The standard InChI is InChI=1S/C12H19N3O3/c1-12(2)17-8-10(18-12)7-15-6-5-9(14-15)3-4-11(13)16/h5-6,10H,3-4,7-8H2,1-2H3,(H2,13,16)/t10-/m1/s1. The smallest absolute Gasteiger partial charge is 0.217 e. The van der Waals surface area contributed by atoms with Gasteiger partial charge in [0.2, 0.25) is 5.91 Å². The molecular formula is C12H19N3O3. The van der Waals surface area contributed by atoms with Crippen LogP contribution in [0.4, 0.5) is 0 Å². The number of carbonyl (C=O) groups is 1. The Morgan fingerprint density at radius 2 is 2.44 bits per heavy atom. The molecule has 1 saturated heterocycles. The van der Waals surface area contributed by atoms with E-state index in [1.807, 2.05) is 30.8 Å². The lowest BCUT2D eigenvalue weighted by atomic mass is 10.2. The van der Waals surface area contributed by atoms with E-state index in [4.69, 9.17) is 15.2 Å². The molecule has 2 rings (SSSR count). The zero-order valence-corrected chi connectivity index (χ0v) is 10.8. The average Bonchev–Trinajstić information content (AvgIpc) is 2.83. The molecule has 2 heterocycles. The predicted molar refractivity (Wildman–Crippen MR) is 64.6 cm³/mol. The van der Waals surface area contributed by atoms with E-state index in [1.54, 1.807) is 0 Å². The molecule has 100 valence electrons. The van der Waals surface area contributed by atoms with Gasteiger partial charge in [-0.05, 0) is 19.9 Å². The Hall–Kier alpha value is -1.40. The van der Waals surface area contributed by atoms with Gasteiger partial charge in [0.1, 0.15) is 6.10 Å². The molecule has 0 aromatic carbocycles. The minimum absolute atomic E-state index is 0.0175. The van der Waals surface area contributed by atoms with E-state index in [1.165, 1.54) is 0 Å². The van der Waals surface area contributed by atoms with Crippen molar-refractivity contribution in [1.29, 1.82) is 0 Å². The fourth-order valence-electron chi connectivity index (χ4n) is 1.95. The highest BCUT2D eigenvalue weighted by molar-refractivity contribution is 5.73. The van der Waals surface area contributed by atoms with E-state index in [2.05, 4.69) is 5.10 Å². The monoisotopic (exact) mass is 253 g/mol. The number of aryl methyl sites for hydroxylation is 1. The zero-order chi connectivity index (χ0) is 13.2. The van der Waals surface area contributed by atoms with Crippen molar-refractivity contribution in [2.75, 3.05) is 6.61 Å². The molecule has 1 amide bonds. The van der Waals surface area contributed by atoms with Crippen molar-refractivity contribution in [2.24, 2.45) is 5.73 Å². The number of nitrogens with two attached hydrogens (primary N) is 1. The van der Waals surface area contributed by atoms with Crippen LogP contribution in [0.3, 0.4) is 0 Å². The van der Waals surface area contributed by atoms with Gasteiger partial charge in [0.05, 0.1) is 18.8 Å². The molecule has 18 heavy (non-hydrogen) atoms. The molecule has 0 saturated carbocycles. The fourth-order valence-corrected chi connectivity index (χ4v) is 1.95. The number of aromatic nitrogens is 2. The van der Waals surface area contributed by atoms with Gasteiger partial charge >= 0.3 is 0 Å². The summed E-state index contributed by atoms with van der Waals surface area (Å²) in [6.07, 6.45) is 2.80. The Labute approximate surface area is 106 Å². The summed E-state index contributed by atoms with van der Waals surface area (Å²) in [6.45, 7) is 5.02. The molecule has 0 spiro atoms. The van der Waals surface area contributed by atoms with Crippen LogP contribution in [0.5, 0.6) is 0 Å². The topological polar surface area (TPSA) is 79.4 Å². The number of primary amides is 1. The van der Waals surface area contributed by atoms with Gasteiger partial charge in [-0.3, -0.25) is 9.48 Å². The van der Waals surface area contributed by atoms with E-state index in [9.17, 15) is 4.79 Å². The Bertz CT molecular complexity index is 428. The zero-order valence-electron chi connectivity index (χ0n) is 10.8. The minimum Gasteiger partial charge on any atom is -0.370 e. The normalized spacial score (nSPS) is 22.2. The maximum atomic E-state index is 10.7.